The number of alkyl halides is 3. The number of aromatic nitrogens is 2. The third-order valence-electron chi connectivity index (χ3n) is 6.45. The van der Waals surface area contributed by atoms with Gasteiger partial charge in [0.2, 0.25) is 0 Å². The van der Waals surface area contributed by atoms with E-state index in [1.165, 1.54) is 24.5 Å². The fourth-order valence-corrected chi connectivity index (χ4v) is 4.35. The number of hydrogen-bond acceptors (Lipinski definition) is 4. The molecule has 1 heterocycles. The average molecular weight is 545 g/mol. The maximum Gasteiger partial charge on any atom is 0.416 e. The van der Waals surface area contributed by atoms with Crippen LogP contribution in [-0.2, 0) is 19.1 Å². The number of carbonyl (C=O) groups is 1. The van der Waals surface area contributed by atoms with Crippen molar-refractivity contribution in [2.75, 3.05) is 11.9 Å². The largest absolute Gasteiger partial charge is 0.416 e. The van der Waals surface area contributed by atoms with Crippen LogP contribution in [0.25, 0.3) is 22.0 Å². The van der Waals surface area contributed by atoms with E-state index in [-0.39, 0.29) is 18.5 Å². The summed E-state index contributed by atoms with van der Waals surface area (Å²) < 4.78 is 53.5. The smallest absolute Gasteiger partial charge is 0.365 e. The molecule has 0 aliphatic carbocycles. The lowest BCUT2D eigenvalue weighted by Gasteiger charge is -2.12. The molecule has 0 unspecified atom stereocenters. The predicted molar refractivity (Wildman–Crippen MR) is 146 cm³/mol. The van der Waals surface area contributed by atoms with Gasteiger partial charge in [-0.15, -0.1) is 0 Å². The Kier molecular flexibility index (Phi) is 7.72. The Hall–Kier alpha value is -4.79. The number of benzene rings is 4. The van der Waals surface area contributed by atoms with E-state index in [2.05, 4.69) is 20.6 Å². The topological polar surface area (TPSA) is 66.9 Å². The first-order chi connectivity index (χ1) is 19.3. The fraction of sp³-hybridized carbons (Fsp3) is 0.129. The van der Waals surface area contributed by atoms with Crippen LogP contribution in [0, 0.1) is 5.82 Å². The molecule has 0 aliphatic heterocycles. The third-order valence-corrected chi connectivity index (χ3v) is 6.45. The molecule has 4 aromatic carbocycles. The first-order valence-corrected chi connectivity index (χ1v) is 12.5. The number of amides is 1. The molecule has 9 heteroatoms. The van der Waals surface area contributed by atoms with E-state index in [1.54, 1.807) is 12.1 Å². The summed E-state index contributed by atoms with van der Waals surface area (Å²) in [5, 5.41) is 6.74. The Labute approximate surface area is 227 Å². The molecule has 0 spiro atoms. The van der Waals surface area contributed by atoms with Crippen LogP contribution in [0.3, 0.4) is 0 Å². The average Bonchev–Trinajstić information content (AvgIpc) is 2.97. The predicted octanol–water partition coefficient (Wildman–Crippen LogP) is 7.04. The molecular weight excluding hydrogens is 520 g/mol. The molecule has 1 amide bonds. The molecule has 0 fully saturated rings. The maximum absolute atomic E-state index is 14.6. The van der Waals surface area contributed by atoms with Crippen LogP contribution in [0.15, 0.2) is 97.3 Å². The molecule has 202 valence electrons. The molecule has 0 atom stereocenters. The van der Waals surface area contributed by atoms with Crippen LogP contribution in [0.2, 0.25) is 0 Å². The zero-order valence-corrected chi connectivity index (χ0v) is 21.2. The van der Waals surface area contributed by atoms with Crippen molar-refractivity contribution in [3.05, 3.63) is 125 Å². The molecule has 5 aromatic rings. The second-order valence-corrected chi connectivity index (χ2v) is 9.18. The lowest BCUT2D eigenvalue weighted by molar-refractivity contribution is -0.137. The quantitative estimate of drug-likeness (QED) is 0.206. The van der Waals surface area contributed by atoms with Crippen LogP contribution in [0.5, 0.6) is 0 Å². The summed E-state index contributed by atoms with van der Waals surface area (Å²) in [7, 11) is 0. The van der Waals surface area contributed by atoms with Gasteiger partial charge < -0.3 is 10.6 Å². The minimum absolute atomic E-state index is 0.0502. The maximum atomic E-state index is 14.6. The number of fused-ring (bicyclic) bond motifs is 1. The Morgan fingerprint density at radius 1 is 0.825 bits per heavy atom. The summed E-state index contributed by atoms with van der Waals surface area (Å²) in [6.45, 7) is 0.638. The Bertz CT molecular complexity index is 1660. The molecule has 0 radical (unpaired) electrons. The van der Waals surface area contributed by atoms with Gasteiger partial charge in [0.15, 0.2) is 0 Å². The lowest BCUT2D eigenvalue weighted by Crippen LogP contribution is -2.26. The van der Waals surface area contributed by atoms with Crippen molar-refractivity contribution in [2.45, 2.75) is 19.1 Å². The van der Waals surface area contributed by atoms with Gasteiger partial charge >= 0.3 is 6.18 Å². The number of carbonyl (C=O) groups excluding carboxylic acids is 1. The molecule has 1 aromatic heterocycles. The normalized spacial score (nSPS) is 11.4. The minimum atomic E-state index is -4.55. The molecular formula is C31H24F4N4O. The molecule has 0 saturated heterocycles. The van der Waals surface area contributed by atoms with Gasteiger partial charge in [0, 0.05) is 24.0 Å². The molecule has 5 nitrogen and oxygen atoms in total. The van der Waals surface area contributed by atoms with Gasteiger partial charge in [0.05, 0.1) is 11.1 Å². The van der Waals surface area contributed by atoms with E-state index in [0.29, 0.717) is 17.9 Å². The highest BCUT2D eigenvalue weighted by atomic mass is 19.4. The van der Waals surface area contributed by atoms with E-state index in [9.17, 15) is 22.4 Å². The van der Waals surface area contributed by atoms with Gasteiger partial charge in [-0.25, -0.2) is 14.4 Å². The van der Waals surface area contributed by atoms with Crippen molar-refractivity contribution in [1.29, 1.82) is 0 Å². The fourth-order valence-electron chi connectivity index (χ4n) is 4.35. The minimum Gasteiger partial charge on any atom is -0.365 e. The monoisotopic (exact) mass is 544 g/mol. The van der Waals surface area contributed by atoms with E-state index >= 15 is 0 Å². The van der Waals surface area contributed by atoms with Gasteiger partial charge in [0.25, 0.3) is 5.91 Å². The van der Waals surface area contributed by atoms with Gasteiger partial charge in [-0.05, 0) is 71.1 Å². The Balaban J connectivity index is 1.31. The molecule has 5 rings (SSSR count). The second-order valence-electron chi connectivity index (χ2n) is 9.18. The zero-order valence-electron chi connectivity index (χ0n) is 21.2. The van der Waals surface area contributed by atoms with Crippen LogP contribution in [0.4, 0.5) is 23.4 Å². The lowest BCUT2D eigenvalue weighted by atomic mass is 9.99. The summed E-state index contributed by atoms with van der Waals surface area (Å²) in [6, 6.07) is 24.5. The zero-order chi connectivity index (χ0) is 28.1. The van der Waals surface area contributed by atoms with Gasteiger partial charge in [-0.3, -0.25) is 4.79 Å². The van der Waals surface area contributed by atoms with Crippen molar-refractivity contribution in [2.24, 2.45) is 0 Å². The number of nitrogens with zero attached hydrogens (tertiary/aromatic N) is 2. The van der Waals surface area contributed by atoms with Crippen molar-refractivity contribution in [3.63, 3.8) is 0 Å². The number of anilines is 1. The van der Waals surface area contributed by atoms with Crippen LogP contribution >= 0.6 is 0 Å². The van der Waals surface area contributed by atoms with Gasteiger partial charge in [-0.2, -0.15) is 13.2 Å². The Morgan fingerprint density at radius 2 is 1.60 bits per heavy atom. The first-order valence-electron chi connectivity index (χ1n) is 12.5. The molecule has 0 bridgehead atoms. The highest BCUT2D eigenvalue weighted by molar-refractivity contribution is 5.94. The van der Waals surface area contributed by atoms with E-state index in [4.69, 9.17) is 0 Å². The summed E-state index contributed by atoms with van der Waals surface area (Å²) in [5.74, 6) is -0.422. The molecule has 2 N–H and O–H groups in total. The van der Waals surface area contributed by atoms with Gasteiger partial charge in [0.1, 0.15) is 18.0 Å². The van der Waals surface area contributed by atoms with Crippen LogP contribution in [0.1, 0.15) is 27.0 Å². The summed E-state index contributed by atoms with van der Waals surface area (Å²) >= 11 is 0. The number of nitrogens with one attached hydrogen (secondary N) is 2. The highest BCUT2D eigenvalue weighted by Gasteiger charge is 2.30. The molecule has 0 aliphatic rings. The second kappa shape index (κ2) is 11.5. The summed E-state index contributed by atoms with van der Waals surface area (Å²) in [4.78, 5) is 21.2. The van der Waals surface area contributed by atoms with Crippen molar-refractivity contribution in [1.82, 2.24) is 15.3 Å². The van der Waals surface area contributed by atoms with E-state index in [1.807, 2.05) is 48.5 Å². The van der Waals surface area contributed by atoms with Crippen molar-refractivity contribution in [3.8, 4) is 11.1 Å². The standard InChI is InChI=1S/C31H24F4N4O/c32-27-11-9-21(15-23(27)13-14-36-30(40)24-7-4-8-25(16-24)31(33,34)35)22-10-12-28-26(17-22)29(39-19-38-28)37-18-20-5-2-1-3-6-20/h1-12,15-17,19H,13-14,18H2,(H,36,40)(H,37,38,39). The summed E-state index contributed by atoms with van der Waals surface area (Å²) in [5.41, 5.74) is 2.81. The SMILES string of the molecule is O=C(NCCc1cc(-c2ccc3ncnc(NCc4ccccc4)c3c2)ccc1F)c1cccc(C(F)(F)F)c1. The summed E-state index contributed by atoms with van der Waals surface area (Å²) in [6.07, 6.45) is -2.89. The Morgan fingerprint density at radius 3 is 2.40 bits per heavy atom. The van der Waals surface area contributed by atoms with Crippen molar-refractivity contribution >= 4 is 22.6 Å². The van der Waals surface area contributed by atoms with E-state index < -0.39 is 23.5 Å². The van der Waals surface area contributed by atoms with Crippen LogP contribution in [-0.4, -0.2) is 22.4 Å². The third kappa shape index (κ3) is 6.26. The molecule has 0 saturated carbocycles. The van der Waals surface area contributed by atoms with E-state index in [0.717, 1.165) is 39.7 Å². The van der Waals surface area contributed by atoms with Crippen molar-refractivity contribution < 1.29 is 22.4 Å². The van der Waals surface area contributed by atoms with Crippen LogP contribution < -0.4 is 10.6 Å². The molecule has 40 heavy (non-hydrogen) atoms. The highest BCUT2D eigenvalue weighted by Crippen LogP contribution is 2.30. The number of hydrogen-bond donors (Lipinski definition) is 2. The first kappa shape index (κ1) is 26.8. The number of halogens is 4. The van der Waals surface area contributed by atoms with Gasteiger partial charge in [-0.1, -0.05) is 48.5 Å². The number of rotatable bonds is 8.